The van der Waals surface area contributed by atoms with Crippen LogP contribution in [-0.2, 0) is 16.1 Å². The summed E-state index contributed by atoms with van der Waals surface area (Å²) in [5.74, 6) is 0.959. The van der Waals surface area contributed by atoms with Crippen molar-refractivity contribution in [3.63, 3.8) is 0 Å². The molecule has 4 rings (SSSR count). The fourth-order valence-corrected chi connectivity index (χ4v) is 3.53. The Hall–Kier alpha value is -2.93. The number of aryl methyl sites for hydroxylation is 2. The third-order valence-corrected chi connectivity index (χ3v) is 4.64. The zero-order valence-electron chi connectivity index (χ0n) is 16.6. The molecule has 0 saturated carbocycles. The molecule has 4 aromatic rings. The van der Waals surface area contributed by atoms with Crippen LogP contribution in [0.1, 0.15) is 33.0 Å². The zero-order chi connectivity index (χ0) is 19.8. The van der Waals surface area contributed by atoms with Crippen molar-refractivity contribution in [3.8, 4) is 5.75 Å². The Bertz CT molecular complexity index is 1170. The fraction of sp³-hybridized carbons (Fsp3) is 0.381. The average Bonchev–Trinajstić information content (AvgIpc) is 3.17. The minimum atomic E-state index is -0.364. The van der Waals surface area contributed by atoms with Crippen molar-refractivity contribution in [2.75, 3.05) is 6.61 Å². The molecule has 0 aliphatic carbocycles. The molecule has 0 radical (unpaired) electrons. The van der Waals surface area contributed by atoms with Crippen molar-refractivity contribution in [2.24, 2.45) is 0 Å². The van der Waals surface area contributed by atoms with E-state index >= 15 is 0 Å². The molecule has 0 aliphatic heterocycles. The van der Waals surface area contributed by atoms with Gasteiger partial charge in [-0.25, -0.2) is 9.97 Å². The molecule has 7 nitrogen and oxygen atoms in total. The van der Waals surface area contributed by atoms with Crippen LogP contribution in [0.25, 0.3) is 27.7 Å². The van der Waals surface area contributed by atoms with Crippen molar-refractivity contribution in [1.29, 1.82) is 0 Å². The van der Waals surface area contributed by atoms with Crippen LogP contribution in [0.15, 0.2) is 30.5 Å². The van der Waals surface area contributed by atoms with Gasteiger partial charge in [0.15, 0.2) is 11.4 Å². The molecule has 0 amide bonds. The molecular weight excluding hydrogens is 356 g/mol. The highest BCUT2D eigenvalue weighted by molar-refractivity contribution is 6.00. The number of hydrogen-bond acceptors (Lipinski definition) is 5. The first kappa shape index (κ1) is 18.4. The van der Waals surface area contributed by atoms with Crippen molar-refractivity contribution in [3.05, 3.63) is 36.3 Å². The van der Waals surface area contributed by atoms with Gasteiger partial charge in [-0.3, -0.25) is 9.20 Å². The largest absolute Gasteiger partial charge is 0.424 e. The molecule has 7 heteroatoms. The smallest absolute Gasteiger partial charge is 0.308 e. The Kier molecular flexibility index (Phi) is 4.77. The van der Waals surface area contributed by atoms with Crippen molar-refractivity contribution in [1.82, 2.24) is 18.9 Å². The standard InChI is InChI=1S/C21H24N4O3/c1-13(2)27-11-7-10-24-12-18(28-15(4)26)19-20(24)22-14(3)25-17-9-6-5-8-16(17)23-21(19)25/h5-6,8-9,12-13H,7,10-11H2,1-4H3. The van der Waals surface area contributed by atoms with Crippen LogP contribution < -0.4 is 4.74 Å². The first-order valence-corrected chi connectivity index (χ1v) is 9.52. The second kappa shape index (κ2) is 7.24. The van der Waals surface area contributed by atoms with Crippen LogP contribution in [0.5, 0.6) is 5.75 Å². The maximum absolute atomic E-state index is 11.7. The van der Waals surface area contributed by atoms with Crippen LogP contribution in [0.2, 0.25) is 0 Å². The summed E-state index contributed by atoms with van der Waals surface area (Å²) in [6.45, 7) is 8.79. The molecule has 0 spiro atoms. The van der Waals surface area contributed by atoms with Crippen LogP contribution in [0.4, 0.5) is 0 Å². The minimum Gasteiger partial charge on any atom is -0.424 e. The molecule has 0 aliphatic rings. The van der Waals surface area contributed by atoms with Gasteiger partial charge in [0, 0.05) is 26.3 Å². The lowest BCUT2D eigenvalue weighted by Crippen LogP contribution is -2.07. The Balaban J connectivity index is 1.88. The van der Waals surface area contributed by atoms with Gasteiger partial charge in [0.25, 0.3) is 0 Å². The van der Waals surface area contributed by atoms with Gasteiger partial charge in [0.1, 0.15) is 16.9 Å². The molecule has 0 atom stereocenters. The molecule has 3 aromatic heterocycles. The number of fused-ring (bicyclic) bond motifs is 5. The molecule has 1 aromatic carbocycles. The number of imidazole rings is 1. The van der Waals surface area contributed by atoms with Crippen molar-refractivity contribution in [2.45, 2.75) is 46.8 Å². The highest BCUT2D eigenvalue weighted by Gasteiger charge is 2.20. The Morgan fingerprint density at radius 3 is 2.71 bits per heavy atom. The Morgan fingerprint density at radius 1 is 1.18 bits per heavy atom. The summed E-state index contributed by atoms with van der Waals surface area (Å²) >= 11 is 0. The van der Waals surface area contributed by atoms with Gasteiger partial charge in [-0.1, -0.05) is 12.1 Å². The van der Waals surface area contributed by atoms with E-state index in [-0.39, 0.29) is 12.1 Å². The Labute approximate surface area is 162 Å². The molecule has 3 heterocycles. The Morgan fingerprint density at radius 2 is 1.96 bits per heavy atom. The van der Waals surface area contributed by atoms with Crippen molar-refractivity contribution >= 4 is 33.7 Å². The summed E-state index contributed by atoms with van der Waals surface area (Å²) < 4.78 is 15.2. The number of benzene rings is 1. The lowest BCUT2D eigenvalue weighted by molar-refractivity contribution is -0.131. The monoisotopic (exact) mass is 380 g/mol. The highest BCUT2D eigenvalue weighted by Crippen LogP contribution is 2.33. The second-order valence-corrected chi connectivity index (χ2v) is 7.17. The molecule has 0 N–H and O–H groups in total. The third kappa shape index (κ3) is 3.22. The van der Waals surface area contributed by atoms with Gasteiger partial charge in [0.05, 0.1) is 17.1 Å². The fourth-order valence-electron chi connectivity index (χ4n) is 3.53. The van der Waals surface area contributed by atoms with Crippen LogP contribution in [-0.4, -0.2) is 37.6 Å². The van der Waals surface area contributed by atoms with Gasteiger partial charge in [-0.2, -0.15) is 0 Å². The lowest BCUT2D eigenvalue weighted by Gasteiger charge is -2.09. The van der Waals surface area contributed by atoms with E-state index in [4.69, 9.17) is 19.4 Å². The molecule has 0 unspecified atom stereocenters. The molecule has 146 valence electrons. The van der Waals surface area contributed by atoms with Gasteiger partial charge >= 0.3 is 5.97 Å². The number of hydrogen-bond donors (Lipinski definition) is 0. The minimum absolute atomic E-state index is 0.204. The molecule has 0 saturated heterocycles. The van der Waals surface area contributed by atoms with E-state index in [1.807, 2.05) is 60.2 Å². The summed E-state index contributed by atoms with van der Waals surface area (Å²) in [4.78, 5) is 21.3. The van der Waals surface area contributed by atoms with E-state index in [1.54, 1.807) is 0 Å². The summed E-state index contributed by atoms with van der Waals surface area (Å²) in [6.07, 6.45) is 2.88. The van der Waals surface area contributed by atoms with Gasteiger partial charge in [-0.05, 0) is 39.3 Å². The summed E-state index contributed by atoms with van der Waals surface area (Å²) in [7, 11) is 0. The number of esters is 1. The van der Waals surface area contributed by atoms with Gasteiger partial charge < -0.3 is 14.0 Å². The lowest BCUT2D eigenvalue weighted by atomic mass is 10.3. The van der Waals surface area contributed by atoms with Gasteiger partial charge in [0.2, 0.25) is 0 Å². The van der Waals surface area contributed by atoms with E-state index in [2.05, 4.69) is 0 Å². The molecular formula is C21H24N4O3. The maximum Gasteiger partial charge on any atom is 0.308 e. The normalized spacial score (nSPS) is 11.9. The first-order chi connectivity index (χ1) is 13.5. The summed E-state index contributed by atoms with van der Waals surface area (Å²) in [5, 5.41) is 0.752. The van der Waals surface area contributed by atoms with E-state index in [0.29, 0.717) is 18.9 Å². The summed E-state index contributed by atoms with van der Waals surface area (Å²) in [6, 6.07) is 7.93. The van der Waals surface area contributed by atoms with Gasteiger partial charge in [-0.15, -0.1) is 0 Å². The number of nitrogens with zero attached hydrogens (tertiary/aromatic N) is 4. The predicted molar refractivity (Wildman–Crippen MR) is 108 cm³/mol. The van der Waals surface area contributed by atoms with E-state index in [0.717, 1.165) is 40.0 Å². The van der Waals surface area contributed by atoms with Crippen LogP contribution in [0.3, 0.4) is 0 Å². The molecule has 0 fully saturated rings. The zero-order valence-corrected chi connectivity index (χ0v) is 16.6. The van der Waals surface area contributed by atoms with E-state index in [1.165, 1.54) is 6.92 Å². The number of carbonyl (C=O) groups excluding carboxylic acids is 1. The first-order valence-electron chi connectivity index (χ1n) is 9.52. The average molecular weight is 380 g/mol. The SMILES string of the molecule is CC(=O)Oc1cn(CCCOC(C)C)c2nc(C)n3c4ccccc4nc3c12. The van der Waals surface area contributed by atoms with Crippen LogP contribution >= 0.6 is 0 Å². The maximum atomic E-state index is 11.7. The molecule has 0 bridgehead atoms. The van der Waals surface area contributed by atoms with Crippen molar-refractivity contribution < 1.29 is 14.3 Å². The number of carbonyl (C=O) groups is 1. The number of rotatable bonds is 6. The number of ether oxygens (including phenoxy) is 2. The summed E-state index contributed by atoms with van der Waals surface area (Å²) in [5.41, 5.74) is 3.38. The van der Waals surface area contributed by atoms with Crippen LogP contribution in [0, 0.1) is 6.92 Å². The predicted octanol–water partition coefficient (Wildman–Crippen LogP) is 3.89. The number of para-hydroxylation sites is 2. The van der Waals surface area contributed by atoms with E-state index < -0.39 is 0 Å². The second-order valence-electron chi connectivity index (χ2n) is 7.17. The molecule has 28 heavy (non-hydrogen) atoms. The number of aromatic nitrogens is 4. The van der Waals surface area contributed by atoms with E-state index in [9.17, 15) is 4.79 Å². The third-order valence-electron chi connectivity index (χ3n) is 4.64. The highest BCUT2D eigenvalue weighted by atomic mass is 16.5. The topological polar surface area (TPSA) is 70.7 Å². The quantitative estimate of drug-likeness (QED) is 0.375.